The van der Waals surface area contributed by atoms with Crippen molar-refractivity contribution < 1.29 is 18.4 Å². The van der Waals surface area contributed by atoms with Gasteiger partial charge >= 0.3 is 5.97 Å². The maximum absolute atomic E-state index is 12.8. The Morgan fingerprint density at radius 3 is 2.53 bits per heavy atom. The topological polar surface area (TPSA) is 52.3 Å². The van der Waals surface area contributed by atoms with Crippen LogP contribution >= 0.6 is 0 Å². The first-order chi connectivity index (χ1) is 9.22. The Hall–Kier alpha value is -2.17. The molecular formula is C14H16FNO3. The van der Waals surface area contributed by atoms with Crippen molar-refractivity contribution in [2.45, 2.75) is 20.8 Å². The zero-order valence-electron chi connectivity index (χ0n) is 11.1. The minimum Gasteiger partial charge on any atom is -0.462 e. The van der Waals surface area contributed by atoms with Crippen molar-refractivity contribution in [1.29, 1.82) is 0 Å². The molecule has 0 fully saturated rings. The zero-order valence-corrected chi connectivity index (χ0v) is 11.1. The van der Waals surface area contributed by atoms with Gasteiger partial charge in [-0.15, -0.1) is 0 Å². The molecule has 0 saturated carbocycles. The third kappa shape index (κ3) is 3.64. The third-order valence-electron chi connectivity index (χ3n) is 2.18. The smallest absolute Gasteiger partial charge is 0.343 e. The lowest BCUT2D eigenvalue weighted by Gasteiger charge is -2.01. The van der Waals surface area contributed by atoms with Crippen molar-refractivity contribution in [3.63, 3.8) is 0 Å². The van der Waals surface area contributed by atoms with Crippen LogP contribution in [0.5, 0.6) is 0 Å². The van der Waals surface area contributed by atoms with Gasteiger partial charge in [0.25, 0.3) is 0 Å². The first kappa shape index (κ1) is 14.9. The summed E-state index contributed by atoms with van der Waals surface area (Å²) in [5.74, 6) is -0.858. The molecule has 1 aromatic carbocycles. The van der Waals surface area contributed by atoms with E-state index in [1.165, 1.54) is 30.5 Å². The summed E-state index contributed by atoms with van der Waals surface area (Å²) < 4.78 is 22.4. The molecule has 102 valence electrons. The molecule has 0 saturated heterocycles. The largest absolute Gasteiger partial charge is 0.462 e. The number of aromatic nitrogens is 1. The summed E-state index contributed by atoms with van der Waals surface area (Å²) in [5.41, 5.74) is 1.19. The van der Waals surface area contributed by atoms with Crippen LogP contribution in [0.3, 0.4) is 0 Å². The lowest BCUT2D eigenvalue weighted by Crippen LogP contribution is -2.04. The highest BCUT2D eigenvalue weighted by molar-refractivity contribution is 5.95. The summed E-state index contributed by atoms with van der Waals surface area (Å²) in [6, 6.07) is 5.63. The van der Waals surface area contributed by atoms with Crippen molar-refractivity contribution in [3.8, 4) is 11.3 Å². The molecule has 0 N–H and O–H groups in total. The maximum Gasteiger partial charge on any atom is 0.343 e. The van der Waals surface area contributed by atoms with E-state index in [0.29, 0.717) is 11.3 Å². The maximum atomic E-state index is 12.8. The number of halogens is 1. The summed E-state index contributed by atoms with van der Waals surface area (Å²) in [5, 5.41) is 3.72. The molecule has 4 nitrogen and oxygen atoms in total. The Balaban J connectivity index is 0.000000861. The standard InChI is InChI=1S/C12H10FNO3.C2H6/c1-2-16-12(15)10-7-17-14-11(10)8-3-5-9(13)6-4-8;1-2/h3-7H,2H2,1H3;1-2H3. The van der Waals surface area contributed by atoms with Crippen LogP contribution < -0.4 is 0 Å². The fraction of sp³-hybridized carbons (Fsp3) is 0.286. The van der Waals surface area contributed by atoms with Crippen LogP contribution in [0.25, 0.3) is 11.3 Å². The zero-order chi connectivity index (χ0) is 14.3. The number of nitrogens with zero attached hydrogens (tertiary/aromatic N) is 1. The first-order valence-electron chi connectivity index (χ1n) is 6.09. The molecule has 0 atom stereocenters. The molecule has 5 heteroatoms. The van der Waals surface area contributed by atoms with Crippen LogP contribution in [0.2, 0.25) is 0 Å². The van der Waals surface area contributed by atoms with Crippen LogP contribution in [0, 0.1) is 5.82 Å². The van der Waals surface area contributed by atoms with Crippen molar-refractivity contribution in [2.24, 2.45) is 0 Å². The number of hydrogen-bond donors (Lipinski definition) is 0. The highest BCUT2D eigenvalue weighted by Crippen LogP contribution is 2.22. The van der Waals surface area contributed by atoms with Crippen molar-refractivity contribution >= 4 is 5.97 Å². The number of hydrogen-bond acceptors (Lipinski definition) is 4. The van der Waals surface area contributed by atoms with Crippen LogP contribution in [0.4, 0.5) is 4.39 Å². The van der Waals surface area contributed by atoms with Crippen molar-refractivity contribution in [1.82, 2.24) is 5.16 Å². The van der Waals surface area contributed by atoms with Crippen molar-refractivity contribution in [3.05, 3.63) is 41.9 Å². The number of ether oxygens (including phenoxy) is 1. The predicted octanol–water partition coefficient (Wildman–Crippen LogP) is 3.68. The van der Waals surface area contributed by atoms with E-state index in [1.54, 1.807) is 6.92 Å². The Morgan fingerprint density at radius 1 is 1.32 bits per heavy atom. The number of rotatable bonds is 3. The third-order valence-corrected chi connectivity index (χ3v) is 2.18. The van der Waals surface area contributed by atoms with Crippen LogP contribution in [0.1, 0.15) is 31.1 Å². The second kappa shape index (κ2) is 7.31. The monoisotopic (exact) mass is 265 g/mol. The second-order valence-corrected chi connectivity index (χ2v) is 3.30. The lowest BCUT2D eigenvalue weighted by atomic mass is 10.1. The molecule has 2 aromatic rings. The molecule has 2 rings (SSSR count). The quantitative estimate of drug-likeness (QED) is 0.794. The normalized spacial score (nSPS) is 9.47. The molecular weight excluding hydrogens is 249 g/mol. The number of carbonyl (C=O) groups is 1. The lowest BCUT2D eigenvalue weighted by molar-refractivity contribution is 0.0526. The Kier molecular flexibility index (Phi) is 5.73. The van der Waals surface area contributed by atoms with E-state index in [2.05, 4.69) is 5.16 Å². The molecule has 0 aliphatic heterocycles. The predicted molar refractivity (Wildman–Crippen MR) is 69.2 cm³/mol. The van der Waals surface area contributed by atoms with Gasteiger partial charge in [-0.05, 0) is 31.2 Å². The summed E-state index contributed by atoms with van der Waals surface area (Å²) in [6.07, 6.45) is 1.22. The van der Waals surface area contributed by atoms with E-state index in [1.807, 2.05) is 13.8 Å². The molecule has 0 unspecified atom stereocenters. The Morgan fingerprint density at radius 2 is 1.95 bits per heavy atom. The van der Waals surface area contributed by atoms with Gasteiger partial charge in [-0.3, -0.25) is 0 Å². The fourth-order valence-electron chi connectivity index (χ4n) is 1.41. The van der Waals surface area contributed by atoms with Crippen LogP contribution in [0.15, 0.2) is 35.1 Å². The van der Waals surface area contributed by atoms with E-state index < -0.39 is 5.97 Å². The van der Waals surface area contributed by atoms with Gasteiger partial charge in [-0.2, -0.15) is 0 Å². The number of benzene rings is 1. The van der Waals surface area contributed by atoms with E-state index in [-0.39, 0.29) is 18.0 Å². The average molecular weight is 265 g/mol. The van der Waals surface area contributed by atoms with E-state index in [9.17, 15) is 9.18 Å². The average Bonchev–Trinajstić information content (AvgIpc) is 2.91. The highest BCUT2D eigenvalue weighted by Gasteiger charge is 2.18. The molecule has 0 aliphatic carbocycles. The molecule has 1 aromatic heterocycles. The van der Waals surface area contributed by atoms with Gasteiger partial charge < -0.3 is 9.26 Å². The van der Waals surface area contributed by atoms with Gasteiger partial charge in [0.05, 0.1) is 6.61 Å². The van der Waals surface area contributed by atoms with Gasteiger partial charge in [-0.25, -0.2) is 9.18 Å². The SMILES string of the molecule is CC.CCOC(=O)c1conc1-c1ccc(F)cc1. The Labute approximate surface area is 111 Å². The van der Waals surface area contributed by atoms with Crippen LogP contribution in [-0.4, -0.2) is 17.7 Å². The molecule has 19 heavy (non-hydrogen) atoms. The van der Waals surface area contributed by atoms with Gasteiger partial charge in [0.2, 0.25) is 0 Å². The Bertz CT molecular complexity index is 520. The number of esters is 1. The minimum absolute atomic E-state index is 0.235. The molecule has 0 spiro atoms. The second-order valence-electron chi connectivity index (χ2n) is 3.30. The molecule has 0 aliphatic rings. The van der Waals surface area contributed by atoms with E-state index in [4.69, 9.17) is 9.26 Å². The molecule has 0 amide bonds. The van der Waals surface area contributed by atoms with Crippen molar-refractivity contribution in [2.75, 3.05) is 6.61 Å². The molecule has 1 heterocycles. The van der Waals surface area contributed by atoms with Gasteiger partial charge in [0.1, 0.15) is 23.3 Å². The molecule has 0 bridgehead atoms. The summed E-state index contributed by atoms with van der Waals surface area (Å²) >= 11 is 0. The van der Waals surface area contributed by atoms with Crippen LogP contribution in [-0.2, 0) is 4.74 Å². The molecule has 0 radical (unpaired) electrons. The minimum atomic E-state index is -0.506. The fourth-order valence-corrected chi connectivity index (χ4v) is 1.41. The number of carbonyl (C=O) groups excluding carboxylic acids is 1. The van der Waals surface area contributed by atoms with E-state index in [0.717, 1.165) is 0 Å². The van der Waals surface area contributed by atoms with E-state index >= 15 is 0 Å². The van der Waals surface area contributed by atoms with Gasteiger partial charge in [-0.1, -0.05) is 19.0 Å². The summed E-state index contributed by atoms with van der Waals surface area (Å²) in [6.45, 7) is 5.98. The summed E-state index contributed by atoms with van der Waals surface area (Å²) in [4.78, 5) is 11.6. The highest BCUT2D eigenvalue weighted by atomic mass is 19.1. The summed E-state index contributed by atoms with van der Waals surface area (Å²) in [7, 11) is 0. The van der Waals surface area contributed by atoms with Gasteiger partial charge in [0, 0.05) is 5.56 Å². The first-order valence-corrected chi connectivity index (χ1v) is 6.09. The van der Waals surface area contributed by atoms with Gasteiger partial charge in [0.15, 0.2) is 0 Å².